The van der Waals surface area contributed by atoms with E-state index in [1.165, 1.54) is 0 Å². The number of benzene rings is 1. The highest BCUT2D eigenvalue weighted by molar-refractivity contribution is 9.13. The number of carboxylic acids is 1. The van der Waals surface area contributed by atoms with Gasteiger partial charge in [0.25, 0.3) is 0 Å². The Morgan fingerprint density at radius 3 is 2.67 bits per heavy atom. The van der Waals surface area contributed by atoms with Crippen molar-refractivity contribution in [2.24, 2.45) is 5.92 Å². The highest BCUT2D eigenvalue weighted by Gasteiger charge is 2.40. The molecule has 0 spiro atoms. The molecule has 2 rings (SSSR count). The molecule has 4 nitrogen and oxygen atoms in total. The van der Waals surface area contributed by atoms with Gasteiger partial charge in [-0.05, 0) is 62.4 Å². The van der Waals surface area contributed by atoms with Crippen molar-refractivity contribution in [3.8, 4) is 0 Å². The van der Waals surface area contributed by atoms with Crippen LogP contribution in [-0.2, 0) is 9.59 Å². The van der Waals surface area contributed by atoms with Crippen LogP contribution in [-0.4, -0.2) is 28.4 Å². The fourth-order valence-corrected chi connectivity index (χ4v) is 3.47. The summed E-state index contributed by atoms with van der Waals surface area (Å²) in [5.74, 6) is -1.35. The number of likely N-dealkylation sites (tertiary alicyclic amines) is 1. The van der Waals surface area contributed by atoms with Crippen molar-refractivity contribution < 1.29 is 14.7 Å². The van der Waals surface area contributed by atoms with Crippen LogP contribution in [0, 0.1) is 5.92 Å². The summed E-state index contributed by atoms with van der Waals surface area (Å²) in [5, 5.41) is 9.51. The predicted octanol–water partition coefficient (Wildman–Crippen LogP) is 3.99. The highest BCUT2D eigenvalue weighted by Crippen LogP contribution is 2.39. The minimum absolute atomic E-state index is 0.0402. The lowest BCUT2D eigenvalue weighted by molar-refractivity contribution is -0.152. The summed E-state index contributed by atoms with van der Waals surface area (Å²) in [6, 6.07) is 5.26. The van der Waals surface area contributed by atoms with Crippen LogP contribution >= 0.6 is 31.9 Å². The number of carbonyl (C=O) groups excluding carboxylic acids is 1. The zero-order valence-corrected chi connectivity index (χ0v) is 14.9. The van der Waals surface area contributed by atoms with E-state index in [4.69, 9.17) is 0 Å². The molecule has 1 saturated heterocycles. The maximum absolute atomic E-state index is 12.2. The van der Waals surface area contributed by atoms with Crippen molar-refractivity contribution in [1.29, 1.82) is 0 Å². The number of piperidine rings is 1. The van der Waals surface area contributed by atoms with E-state index in [0.717, 1.165) is 20.9 Å². The fraction of sp³-hybridized carbons (Fsp3) is 0.467. The molecule has 1 amide bonds. The van der Waals surface area contributed by atoms with E-state index in [2.05, 4.69) is 31.9 Å². The summed E-state index contributed by atoms with van der Waals surface area (Å²) in [5.41, 5.74) is 0.860. The van der Waals surface area contributed by atoms with Crippen molar-refractivity contribution in [1.82, 2.24) is 4.90 Å². The number of carboxylic acid groups (broad SMARTS) is 1. The van der Waals surface area contributed by atoms with E-state index < -0.39 is 17.9 Å². The molecule has 1 aliphatic heterocycles. The first-order chi connectivity index (χ1) is 9.95. The zero-order chi connectivity index (χ0) is 15.6. The Bertz CT molecular complexity index is 562. The number of hydrogen-bond donors (Lipinski definition) is 1. The first-order valence-corrected chi connectivity index (χ1v) is 8.51. The van der Waals surface area contributed by atoms with Crippen molar-refractivity contribution in [2.75, 3.05) is 6.54 Å². The maximum atomic E-state index is 12.2. The lowest BCUT2D eigenvalue weighted by Gasteiger charge is -2.39. The fourth-order valence-electron chi connectivity index (χ4n) is 2.82. The summed E-state index contributed by atoms with van der Waals surface area (Å²) in [6.07, 6.45) is 1.52. The van der Waals surface area contributed by atoms with Gasteiger partial charge < -0.3 is 10.0 Å². The molecular formula is C15H17Br2NO3. The van der Waals surface area contributed by atoms with Crippen LogP contribution in [0.15, 0.2) is 27.1 Å². The van der Waals surface area contributed by atoms with Crippen molar-refractivity contribution >= 4 is 43.7 Å². The van der Waals surface area contributed by atoms with E-state index in [1.807, 2.05) is 25.1 Å². The summed E-state index contributed by atoms with van der Waals surface area (Å²) < 4.78 is 1.76. The summed E-state index contributed by atoms with van der Waals surface area (Å²) in [4.78, 5) is 25.5. The molecule has 0 bridgehead atoms. The Kier molecular flexibility index (Phi) is 5.43. The molecule has 1 N–H and O–H groups in total. The number of nitrogens with zero attached hydrogens (tertiary/aromatic N) is 1. The molecule has 1 aromatic carbocycles. The first kappa shape index (κ1) is 16.5. The van der Waals surface area contributed by atoms with Gasteiger partial charge in [-0.1, -0.05) is 13.0 Å². The van der Waals surface area contributed by atoms with Gasteiger partial charge in [0.2, 0.25) is 5.91 Å². The first-order valence-electron chi connectivity index (χ1n) is 6.93. The molecule has 1 aromatic rings. The van der Waals surface area contributed by atoms with Crippen LogP contribution in [0.25, 0.3) is 0 Å². The third-order valence-electron chi connectivity index (χ3n) is 3.77. The molecule has 1 aliphatic rings. The van der Waals surface area contributed by atoms with Crippen molar-refractivity contribution in [3.63, 3.8) is 0 Å². The topological polar surface area (TPSA) is 57.6 Å². The van der Waals surface area contributed by atoms with Crippen molar-refractivity contribution in [2.45, 2.75) is 32.2 Å². The lowest BCUT2D eigenvalue weighted by Crippen LogP contribution is -2.45. The van der Waals surface area contributed by atoms with Crippen LogP contribution in [0.4, 0.5) is 0 Å². The van der Waals surface area contributed by atoms with Gasteiger partial charge >= 0.3 is 5.97 Å². The SMILES string of the molecule is CCCN1C(=O)CCC(C(=O)O)C1c1ccc(Br)c(Br)c1. The van der Waals surface area contributed by atoms with E-state index in [-0.39, 0.29) is 5.91 Å². The number of hydrogen-bond acceptors (Lipinski definition) is 2. The van der Waals surface area contributed by atoms with Crippen LogP contribution in [0.5, 0.6) is 0 Å². The standard InChI is InChI=1S/C15H17Br2NO3/c1-2-7-18-13(19)6-4-10(15(20)21)14(18)9-3-5-11(16)12(17)8-9/h3,5,8,10,14H,2,4,6-7H2,1H3,(H,20,21). The lowest BCUT2D eigenvalue weighted by atomic mass is 9.84. The summed E-state index contributed by atoms with van der Waals surface area (Å²) >= 11 is 6.86. The van der Waals surface area contributed by atoms with E-state index >= 15 is 0 Å². The monoisotopic (exact) mass is 417 g/mol. The Labute approximate surface area is 140 Å². The average molecular weight is 419 g/mol. The number of aliphatic carboxylic acids is 1. The molecule has 1 heterocycles. The largest absolute Gasteiger partial charge is 0.481 e. The molecule has 0 radical (unpaired) electrons. The van der Waals surface area contributed by atoms with E-state index in [1.54, 1.807) is 4.90 Å². The van der Waals surface area contributed by atoms with E-state index in [0.29, 0.717) is 19.4 Å². The molecule has 6 heteroatoms. The zero-order valence-electron chi connectivity index (χ0n) is 11.7. The van der Waals surface area contributed by atoms with Gasteiger partial charge in [0.15, 0.2) is 0 Å². The Balaban J connectivity index is 2.45. The van der Waals surface area contributed by atoms with Crippen LogP contribution in [0.3, 0.4) is 0 Å². The molecule has 0 aromatic heterocycles. The molecule has 0 aliphatic carbocycles. The average Bonchev–Trinajstić information content (AvgIpc) is 2.44. The van der Waals surface area contributed by atoms with Gasteiger partial charge in [0.05, 0.1) is 12.0 Å². The van der Waals surface area contributed by atoms with Gasteiger partial charge in [-0.25, -0.2) is 0 Å². The van der Waals surface area contributed by atoms with E-state index in [9.17, 15) is 14.7 Å². The van der Waals surface area contributed by atoms with Crippen LogP contribution < -0.4 is 0 Å². The predicted molar refractivity (Wildman–Crippen MR) is 86.9 cm³/mol. The second-order valence-corrected chi connectivity index (χ2v) is 6.90. The van der Waals surface area contributed by atoms with Gasteiger partial charge in [-0.2, -0.15) is 0 Å². The second-order valence-electron chi connectivity index (χ2n) is 5.19. The number of rotatable bonds is 4. The molecule has 2 atom stereocenters. The molecule has 0 saturated carbocycles. The highest BCUT2D eigenvalue weighted by atomic mass is 79.9. The summed E-state index contributed by atoms with van der Waals surface area (Å²) in [6.45, 7) is 2.58. The van der Waals surface area contributed by atoms with Crippen molar-refractivity contribution in [3.05, 3.63) is 32.7 Å². The second kappa shape index (κ2) is 6.92. The third-order valence-corrected chi connectivity index (χ3v) is 5.65. The Morgan fingerprint density at radius 1 is 1.38 bits per heavy atom. The van der Waals surface area contributed by atoms with Gasteiger partial charge in [0, 0.05) is 21.9 Å². The van der Waals surface area contributed by atoms with Crippen LogP contribution in [0.1, 0.15) is 37.8 Å². The minimum Gasteiger partial charge on any atom is -0.481 e. The molecule has 21 heavy (non-hydrogen) atoms. The molecule has 1 fully saturated rings. The Hall–Kier alpha value is -0.880. The number of amides is 1. The number of carbonyl (C=O) groups is 2. The quantitative estimate of drug-likeness (QED) is 0.804. The maximum Gasteiger partial charge on any atom is 0.308 e. The van der Waals surface area contributed by atoms with Crippen LogP contribution in [0.2, 0.25) is 0 Å². The van der Waals surface area contributed by atoms with Gasteiger partial charge in [-0.15, -0.1) is 0 Å². The third kappa shape index (κ3) is 3.48. The summed E-state index contributed by atoms with van der Waals surface area (Å²) in [7, 11) is 0. The molecule has 2 unspecified atom stereocenters. The molecule has 114 valence electrons. The smallest absolute Gasteiger partial charge is 0.308 e. The molecular weight excluding hydrogens is 402 g/mol. The minimum atomic E-state index is -0.840. The van der Waals surface area contributed by atoms with Gasteiger partial charge in [0.1, 0.15) is 0 Å². The normalized spacial score (nSPS) is 22.4. The van der Waals surface area contributed by atoms with Gasteiger partial charge in [-0.3, -0.25) is 9.59 Å². The number of halogens is 2. The Morgan fingerprint density at radius 2 is 2.10 bits per heavy atom.